The highest BCUT2D eigenvalue weighted by atomic mass is 79.9. The van der Waals surface area contributed by atoms with Crippen LogP contribution >= 0.6 is 31.9 Å². The van der Waals surface area contributed by atoms with E-state index in [-0.39, 0.29) is 16.1 Å². The van der Waals surface area contributed by atoms with Crippen LogP contribution in [0.5, 0.6) is 5.75 Å². The molecule has 1 aliphatic rings. The molecular formula is C17H15Br2FO. The summed E-state index contributed by atoms with van der Waals surface area (Å²) in [7, 11) is 0. The molecule has 1 aliphatic heterocycles. The number of halogens is 3. The van der Waals surface area contributed by atoms with Crippen LogP contribution in [0.2, 0.25) is 0 Å². The molecule has 0 aliphatic carbocycles. The van der Waals surface area contributed by atoms with Gasteiger partial charge in [0.25, 0.3) is 0 Å². The fourth-order valence-electron chi connectivity index (χ4n) is 2.58. The number of alkyl halides is 1. The minimum Gasteiger partial charge on any atom is -0.492 e. The van der Waals surface area contributed by atoms with Crippen molar-refractivity contribution in [2.24, 2.45) is 0 Å². The Kier molecular flexibility index (Phi) is 3.87. The molecule has 4 heteroatoms. The van der Waals surface area contributed by atoms with Gasteiger partial charge in [-0.05, 0) is 41.5 Å². The summed E-state index contributed by atoms with van der Waals surface area (Å²) < 4.78 is 20.1. The normalized spacial score (nSPS) is 17.2. The lowest BCUT2D eigenvalue weighted by Crippen LogP contribution is -2.18. The molecular weight excluding hydrogens is 399 g/mol. The molecule has 0 N–H and O–H groups in total. The average molecular weight is 414 g/mol. The SMILES string of the molecule is CC1(C)COc2ccc(C(Br)c3cc(F)ccc3Br)cc21. The van der Waals surface area contributed by atoms with E-state index in [0.717, 1.165) is 21.3 Å². The first-order chi connectivity index (χ1) is 9.88. The zero-order valence-corrected chi connectivity index (χ0v) is 15.0. The number of benzene rings is 2. The van der Waals surface area contributed by atoms with Gasteiger partial charge in [0.05, 0.1) is 11.4 Å². The molecule has 0 amide bonds. The minimum atomic E-state index is -0.234. The summed E-state index contributed by atoms with van der Waals surface area (Å²) >= 11 is 7.18. The standard InChI is InChI=1S/C17H15Br2FO/c1-17(2)9-21-15-6-3-10(7-13(15)17)16(19)12-8-11(20)4-5-14(12)18/h3-8,16H,9H2,1-2H3. The highest BCUT2D eigenvalue weighted by Gasteiger charge is 2.32. The Labute approximate surface area is 140 Å². The third-order valence-corrected chi connectivity index (χ3v) is 5.59. The van der Waals surface area contributed by atoms with Gasteiger partial charge in [-0.15, -0.1) is 0 Å². The molecule has 21 heavy (non-hydrogen) atoms. The van der Waals surface area contributed by atoms with E-state index in [2.05, 4.69) is 51.8 Å². The Hall–Kier alpha value is -0.870. The Balaban J connectivity index is 2.03. The predicted octanol–water partition coefficient (Wildman–Crippen LogP) is 5.74. The van der Waals surface area contributed by atoms with E-state index in [0.29, 0.717) is 6.61 Å². The molecule has 0 saturated carbocycles. The number of ether oxygens (including phenoxy) is 1. The van der Waals surface area contributed by atoms with Crippen LogP contribution in [0.4, 0.5) is 4.39 Å². The van der Waals surface area contributed by atoms with E-state index in [1.807, 2.05) is 12.1 Å². The molecule has 3 rings (SSSR count). The zero-order valence-electron chi connectivity index (χ0n) is 11.8. The van der Waals surface area contributed by atoms with Gasteiger partial charge >= 0.3 is 0 Å². The molecule has 1 nitrogen and oxygen atoms in total. The molecule has 0 radical (unpaired) electrons. The lowest BCUT2D eigenvalue weighted by molar-refractivity contribution is 0.291. The number of hydrogen-bond donors (Lipinski definition) is 0. The Morgan fingerprint density at radius 1 is 1.19 bits per heavy atom. The number of rotatable bonds is 2. The Bertz CT molecular complexity index is 697. The molecule has 0 bridgehead atoms. The second-order valence-corrected chi connectivity index (χ2v) is 7.73. The Morgan fingerprint density at radius 2 is 1.95 bits per heavy atom. The molecule has 1 heterocycles. The fraction of sp³-hybridized carbons (Fsp3) is 0.294. The maximum absolute atomic E-state index is 13.5. The van der Waals surface area contributed by atoms with Gasteiger partial charge < -0.3 is 4.74 Å². The molecule has 0 saturated heterocycles. The van der Waals surface area contributed by atoms with Crippen LogP contribution in [0, 0.1) is 5.82 Å². The van der Waals surface area contributed by atoms with Gasteiger partial charge in [0.15, 0.2) is 0 Å². The van der Waals surface area contributed by atoms with Crippen molar-refractivity contribution in [2.45, 2.75) is 24.1 Å². The molecule has 110 valence electrons. The first-order valence-corrected chi connectivity index (χ1v) is 8.45. The second-order valence-electron chi connectivity index (χ2n) is 5.96. The lowest BCUT2D eigenvalue weighted by Gasteiger charge is -2.18. The molecule has 1 unspecified atom stereocenters. The van der Waals surface area contributed by atoms with Crippen LogP contribution in [0.3, 0.4) is 0 Å². The predicted molar refractivity (Wildman–Crippen MR) is 89.8 cm³/mol. The van der Waals surface area contributed by atoms with Crippen LogP contribution in [-0.4, -0.2) is 6.61 Å². The van der Waals surface area contributed by atoms with Gasteiger partial charge in [-0.1, -0.05) is 51.8 Å². The van der Waals surface area contributed by atoms with E-state index in [1.54, 1.807) is 12.1 Å². The van der Waals surface area contributed by atoms with Gasteiger partial charge in [0.2, 0.25) is 0 Å². The van der Waals surface area contributed by atoms with Gasteiger partial charge in [-0.25, -0.2) is 4.39 Å². The summed E-state index contributed by atoms with van der Waals surface area (Å²) in [6, 6.07) is 10.9. The van der Waals surface area contributed by atoms with Crippen molar-refractivity contribution in [3.8, 4) is 5.75 Å². The largest absolute Gasteiger partial charge is 0.492 e. The van der Waals surface area contributed by atoms with E-state index in [1.165, 1.54) is 11.6 Å². The topological polar surface area (TPSA) is 9.23 Å². The molecule has 0 fully saturated rings. The fourth-order valence-corrected chi connectivity index (χ4v) is 4.03. The monoisotopic (exact) mass is 412 g/mol. The summed E-state index contributed by atoms with van der Waals surface area (Å²) in [5.74, 6) is 0.712. The lowest BCUT2D eigenvalue weighted by atomic mass is 9.85. The number of fused-ring (bicyclic) bond motifs is 1. The maximum Gasteiger partial charge on any atom is 0.123 e. The average Bonchev–Trinajstić information content (AvgIpc) is 2.76. The Morgan fingerprint density at radius 3 is 2.71 bits per heavy atom. The van der Waals surface area contributed by atoms with Crippen molar-refractivity contribution in [3.63, 3.8) is 0 Å². The van der Waals surface area contributed by atoms with Crippen LogP contribution in [0.1, 0.15) is 35.4 Å². The first-order valence-electron chi connectivity index (χ1n) is 6.75. The van der Waals surface area contributed by atoms with Crippen molar-refractivity contribution in [3.05, 3.63) is 63.4 Å². The van der Waals surface area contributed by atoms with Gasteiger partial charge in [-0.3, -0.25) is 0 Å². The summed E-state index contributed by atoms with van der Waals surface area (Å²) in [6.45, 7) is 5.04. The molecule has 2 aromatic rings. The van der Waals surface area contributed by atoms with Crippen molar-refractivity contribution < 1.29 is 9.13 Å². The zero-order chi connectivity index (χ0) is 15.2. The quantitative estimate of drug-likeness (QED) is 0.570. The first kappa shape index (κ1) is 15.0. The molecule has 2 aromatic carbocycles. The van der Waals surface area contributed by atoms with Crippen LogP contribution < -0.4 is 4.74 Å². The minimum absolute atomic E-state index is 0.0111. The van der Waals surface area contributed by atoms with Crippen molar-refractivity contribution in [1.29, 1.82) is 0 Å². The summed E-state index contributed by atoms with van der Waals surface area (Å²) in [4.78, 5) is -0.0655. The summed E-state index contributed by atoms with van der Waals surface area (Å²) in [6.07, 6.45) is 0. The second kappa shape index (κ2) is 5.40. The highest BCUT2D eigenvalue weighted by Crippen LogP contribution is 2.42. The van der Waals surface area contributed by atoms with Crippen LogP contribution in [0.15, 0.2) is 40.9 Å². The van der Waals surface area contributed by atoms with Gasteiger partial charge in [0, 0.05) is 15.5 Å². The van der Waals surface area contributed by atoms with Crippen molar-refractivity contribution in [2.75, 3.05) is 6.61 Å². The van der Waals surface area contributed by atoms with Crippen LogP contribution in [0.25, 0.3) is 0 Å². The van der Waals surface area contributed by atoms with Crippen molar-refractivity contribution >= 4 is 31.9 Å². The van der Waals surface area contributed by atoms with Gasteiger partial charge in [-0.2, -0.15) is 0 Å². The smallest absolute Gasteiger partial charge is 0.123 e. The molecule has 1 atom stereocenters. The van der Waals surface area contributed by atoms with Crippen LogP contribution in [-0.2, 0) is 5.41 Å². The van der Waals surface area contributed by atoms with E-state index < -0.39 is 0 Å². The van der Waals surface area contributed by atoms with Crippen molar-refractivity contribution in [1.82, 2.24) is 0 Å². The molecule has 0 aromatic heterocycles. The van der Waals surface area contributed by atoms with E-state index in [9.17, 15) is 4.39 Å². The van der Waals surface area contributed by atoms with E-state index >= 15 is 0 Å². The summed E-state index contributed by atoms with van der Waals surface area (Å²) in [5, 5.41) is 0. The van der Waals surface area contributed by atoms with Gasteiger partial charge in [0.1, 0.15) is 11.6 Å². The summed E-state index contributed by atoms with van der Waals surface area (Å²) in [5.41, 5.74) is 3.19. The molecule has 0 spiro atoms. The third kappa shape index (κ3) is 2.76. The maximum atomic E-state index is 13.5. The van der Waals surface area contributed by atoms with E-state index in [4.69, 9.17) is 4.74 Å². The third-order valence-electron chi connectivity index (χ3n) is 3.85. The highest BCUT2D eigenvalue weighted by molar-refractivity contribution is 9.11. The number of hydrogen-bond acceptors (Lipinski definition) is 1.